The van der Waals surface area contributed by atoms with Crippen LogP contribution in [0.15, 0.2) is 122 Å². The molecule has 12 atom stereocenters. The number of hydrogen-bond acceptors (Lipinski definition) is 13. The fourth-order valence-corrected chi connectivity index (χ4v) is 13.1. The highest BCUT2D eigenvalue weighted by Gasteiger charge is 2.51. The molecule has 0 spiro atoms. The van der Waals surface area contributed by atoms with E-state index < -0.39 is 86.8 Å². The lowest BCUT2D eigenvalue weighted by molar-refractivity contribution is -0.359. The molecule has 0 bridgehead atoms. The number of allylic oxidation sites excluding steroid dienone is 19. The summed E-state index contributed by atoms with van der Waals surface area (Å²) in [6.45, 7) is 2.70. The van der Waals surface area contributed by atoms with Gasteiger partial charge >= 0.3 is 0 Å². The molecule has 0 aromatic carbocycles. The fraction of sp³-hybridized carbons (Fsp3) is 0.761. The van der Waals surface area contributed by atoms with Gasteiger partial charge < -0.3 is 65.1 Å². The topological polar surface area (TPSA) is 228 Å². The second kappa shape index (κ2) is 70.4. The van der Waals surface area contributed by atoms with Gasteiger partial charge in [0.15, 0.2) is 12.6 Å². The highest BCUT2D eigenvalue weighted by atomic mass is 16.7. The monoisotopic (exact) mass is 1430 g/mol. The summed E-state index contributed by atoms with van der Waals surface area (Å²) < 4.78 is 22.9. The molecule has 2 heterocycles. The van der Waals surface area contributed by atoms with E-state index in [0.717, 1.165) is 89.9 Å². The van der Waals surface area contributed by atoms with E-state index in [4.69, 9.17) is 18.9 Å². The molecule has 14 heteroatoms. The van der Waals surface area contributed by atoms with Crippen LogP contribution in [0.4, 0.5) is 0 Å². The zero-order chi connectivity index (χ0) is 73.7. The Morgan fingerprint density at radius 2 is 0.686 bits per heavy atom. The average Bonchev–Trinajstić information content (AvgIpc) is 0.790. The Hall–Kier alpha value is -3.61. The Kier molecular flexibility index (Phi) is 65.2. The van der Waals surface area contributed by atoms with Crippen LogP contribution >= 0.6 is 0 Å². The Balaban J connectivity index is 1.63. The molecule has 0 aromatic rings. The lowest BCUT2D eigenvalue weighted by Crippen LogP contribution is -2.65. The third kappa shape index (κ3) is 52.4. The molecule has 0 saturated carbocycles. The van der Waals surface area contributed by atoms with Crippen LogP contribution in [0.1, 0.15) is 335 Å². The van der Waals surface area contributed by atoms with Crippen LogP contribution in [0.2, 0.25) is 0 Å². The van der Waals surface area contributed by atoms with Gasteiger partial charge in [0.25, 0.3) is 0 Å². The van der Waals surface area contributed by atoms with Gasteiger partial charge in [-0.1, -0.05) is 347 Å². The first kappa shape index (κ1) is 94.5. The first-order valence-corrected chi connectivity index (χ1v) is 41.8. The van der Waals surface area contributed by atoms with Crippen molar-refractivity contribution < 1.29 is 64.6 Å². The van der Waals surface area contributed by atoms with Gasteiger partial charge in [-0.15, -0.1) is 0 Å². The molecule has 102 heavy (non-hydrogen) atoms. The highest BCUT2D eigenvalue weighted by molar-refractivity contribution is 5.76. The minimum Gasteiger partial charge on any atom is -0.394 e. The Morgan fingerprint density at radius 1 is 0.363 bits per heavy atom. The van der Waals surface area contributed by atoms with E-state index in [-0.39, 0.29) is 18.9 Å². The van der Waals surface area contributed by atoms with Crippen LogP contribution in [0.25, 0.3) is 0 Å². The number of carbonyl (C=O) groups is 1. The second-order valence-corrected chi connectivity index (χ2v) is 28.9. The van der Waals surface area contributed by atoms with E-state index in [2.05, 4.69) is 129 Å². The van der Waals surface area contributed by atoms with Crippen LogP contribution in [0, 0.1) is 0 Å². The molecule has 2 fully saturated rings. The van der Waals surface area contributed by atoms with Gasteiger partial charge in [-0.25, -0.2) is 0 Å². The molecule has 2 rings (SSSR count). The minimum atomic E-state index is -1.80. The average molecular weight is 1430 g/mol. The molecular weight excluding hydrogens is 1280 g/mol. The molecule has 0 aliphatic carbocycles. The number of unbranched alkanes of at least 4 members (excludes halogenated alkanes) is 38. The largest absolute Gasteiger partial charge is 0.394 e. The third-order valence-corrected chi connectivity index (χ3v) is 19.6. The van der Waals surface area contributed by atoms with Crippen molar-refractivity contribution in [2.24, 2.45) is 0 Å². The molecule has 0 aromatic heterocycles. The Morgan fingerprint density at radius 3 is 1.08 bits per heavy atom. The number of ether oxygens (including phenoxy) is 4. The van der Waals surface area contributed by atoms with Crippen molar-refractivity contribution in [3.05, 3.63) is 122 Å². The number of carbonyl (C=O) groups excluding carboxylic acids is 1. The number of aliphatic hydroxyl groups excluding tert-OH is 8. The summed E-state index contributed by atoms with van der Waals surface area (Å²) >= 11 is 0. The number of rotatable bonds is 69. The second-order valence-electron chi connectivity index (χ2n) is 28.9. The number of amides is 1. The van der Waals surface area contributed by atoms with Crippen LogP contribution in [-0.2, 0) is 23.7 Å². The Bertz CT molecular complexity index is 2180. The maximum Gasteiger partial charge on any atom is 0.220 e. The van der Waals surface area contributed by atoms with Crippen molar-refractivity contribution in [2.75, 3.05) is 19.8 Å². The molecule has 2 saturated heterocycles. The van der Waals surface area contributed by atoms with E-state index in [1.165, 1.54) is 212 Å². The summed E-state index contributed by atoms with van der Waals surface area (Å²) in [5.41, 5.74) is 0. The molecule has 14 nitrogen and oxygen atoms in total. The van der Waals surface area contributed by atoms with Crippen molar-refractivity contribution in [3.8, 4) is 0 Å². The minimum absolute atomic E-state index is 0.254. The standard InChI is InChI=1S/C88H153NO13/c1-3-5-7-9-11-13-15-17-19-21-23-25-27-29-31-33-35-36-37-38-39-40-42-44-46-48-50-52-54-56-58-60-62-64-66-68-70-72-80(93)89-76(75-99-87-85(98)83(96)86(79(74-91)101-87)102-88-84(97)82(95)81(94)78(73-90)100-88)77(92)71-69-67-65-63-61-59-57-55-53-51-49-47-45-43-41-34-32-30-28-26-24-22-20-18-16-14-12-10-8-6-4-2/h5,7,11,13,17,19,23,25,29,31,35-36,38-39,53,55,61,63,69,71,76-79,81-88,90-92,94-98H,3-4,6,8-10,12,14-16,18,20-22,24,26-28,30,32-34,37,40-52,54,56-60,62,64-68,70,72-75H2,1-2H3,(H,89,93)/b7-5-,13-11-,19-17-,25-23-,31-29-,36-35-,39-38-,55-53+,63-61+,71-69+. The van der Waals surface area contributed by atoms with Crippen molar-refractivity contribution in [2.45, 2.75) is 408 Å². The SMILES string of the molecule is CC/C=C\C/C=C\C/C=C\C/C=C\C/C=C\C/C=C\C/C=C\CCCCCCCCCCCCCCCCCC(=O)NC(COC1OC(CO)C(OC2OC(CO)C(O)C(O)C2O)C(O)C1O)C(O)/C=C/CC/C=C/CC/C=C/CCCCCCCCCCCCCCCCCCCCCCC. The molecule has 12 unspecified atom stereocenters. The van der Waals surface area contributed by atoms with Crippen molar-refractivity contribution in [3.63, 3.8) is 0 Å². The van der Waals surface area contributed by atoms with E-state index in [1.54, 1.807) is 6.08 Å². The quantitative estimate of drug-likeness (QED) is 0.0204. The maximum atomic E-state index is 13.4. The summed E-state index contributed by atoms with van der Waals surface area (Å²) in [6, 6.07) is -0.947. The molecule has 2 aliphatic heterocycles. The van der Waals surface area contributed by atoms with Crippen LogP contribution in [0.3, 0.4) is 0 Å². The van der Waals surface area contributed by atoms with Crippen molar-refractivity contribution >= 4 is 5.91 Å². The normalized spacial score (nSPS) is 22.3. The van der Waals surface area contributed by atoms with E-state index in [1.807, 2.05) is 6.08 Å². The summed E-state index contributed by atoms with van der Waals surface area (Å²) in [7, 11) is 0. The number of nitrogens with one attached hydrogen (secondary N) is 1. The molecule has 2 aliphatic rings. The molecule has 1 amide bonds. The van der Waals surface area contributed by atoms with Crippen molar-refractivity contribution in [1.82, 2.24) is 5.32 Å². The van der Waals surface area contributed by atoms with E-state index in [9.17, 15) is 45.6 Å². The lowest BCUT2D eigenvalue weighted by Gasteiger charge is -2.46. The summed E-state index contributed by atoms with van der Waals surface area (Å²) in [5, 5.41) is 87.7. The Labute approximate surface area is 622 Å². The molecule has 588 valence electrons. The van der Waals surface area contributed by atoms with Gasteiger partial charge in [0.05, 0.1) is 32.0 Å². The number of aliphatic hydroxyl groups is 8. The van der Waals surface area contributed by atoms with Gasteiger partial charge in [0.2, 0.25) is 5.91 Å². The number of hydrogen-bond donors (Lipinski definition) is 9. The zero-order valence-electron chi connectivity index (χ0n) is 64.6. The molecule has 0 radical (unpaired) electrons. The predicted octanol–water partition coefficient (Wildman–Crippen LogP) is 19.6. The zero-order valence-corrected chi connectivity index (χ0v) is 64.6. The maximum absolute atomic E-state index is 13.4. The smallest absolute Gasteiger partial charge is 0.220 e. The van der Waals surface area contributed by atoms with Gasteiger partial charge in [-0.05, 0) is 103 Å². The highest BCUT2D eigenvalue weighted by Crippen LogP contribution is 2.30. The molecular formula is C88H153NO13. The van der Waals surface area contributed by atoms with Crippen molar-refractivity contribution in [1.29, 1.82) is 0 Å². The summed E-state index contributed by atoms with van der Waals surface area (Å²) in [6.07, 6.45) is 87.2. The van der Waals surface area contributed by atoms with Gasteiger partial charge in [0, 0.05) is 6.42 Å². The first-order chi connectivity index (χ1) is 50.1. The summed E-state index contributed by atoms with van der Waals surface area (Å²) in [5.74, 6) is -0.254. The first-order valence-electron chi connectivity index (χ1n) is 41.8. The predicted molar refractivity (Wildman–Crippen MR) is 424 cm³/mol. The van der Waals surface area contributed by atoms with Crippen LogP contribution in [-0.4, -0.2) is 140 Å². The fourth-order valence-electron chi connectivity index (χ4n) is 13.1. The van der Waals surface area contributed by atoms with Crippen LogP contribution < -0.4 is 5.32 Å². The summed E-state index contributed by atoms with van der Waals surface area (Å²) in [4.78, 5) is 13.4. The van der Waals surface area contributed by atoms with Crippen LogP contribution in [0.5, 0.6) is 0 Å². The van der Waals surface area contributed by atoms with E-state index in [0.29, 0.717) is 12.8 Å². The molecule has 9 N–H and O–H groups in total. The van der Waals surface area contributed by atoms with Gasteiger partial charge in [-0.3, -0.25) is 4.79 Å². The third-order valence-electron chi connectivity index (χ3n) is 19.6. The van der Waals surface area contributed by atoms with E-state index >= 15 is 0 Å². The van der Waals surface area contributed by atoms with Gasteiger partial charge in [-0.2, -0.15) is 0 Å². The lowest BCUT2D eigenvalue weighted by atomic mass is 9.97. The van der Waals surface area contributed by atoms with Gasteiger partial charge in [0.1, 0.15) is 48.8 Å².